The fourth-order valence-corrected chi connectivity index (χ4v) is 2.27. The van der Waals surface area contributed by atoms with Gasteiger partial charge in [-0.1, -0.05) is 0 Å². The van der Waals surface area contributed by atoms with Crippen LogP contribution >= 0.6 is 0 Å². The number of rotatable bonds is 1. The van der Waals surface area contributed by atoms with E-state index in [1.165, 1.54) is 6.42 Å². The second kappa shape index (κ2) is 3.87. The van der Waals surface area contributed by atoms with Crippen LogP contribution in [0.2, 0.25) is 0 Å². The zero-order valence-corrected chi connectivity index (χ0v) is 9.79. The maximum atomic E-state index is 11.9. The Kier molecular flexibility index (Phi) is 2.35. The minimum Gasteiger partial charge on any atom is -0.342 e. The highest BCUT2D eigenvalue weighted by Gasteiger charge is 2.15. The lowest BCUT2D eigenvalue weighted by Crippen LogP contribution is -2.32. The molecule has 0 saturated carbocycles. The molecule has 6 heteroatoms. The van der Waals surface area contributed by atoms with Gasteiger partial charge in [-0.15, -0.1) is 0 Å². The van der Waals surface area contributed by atoms with Crippen LogP contribution in [-0.2, 0) is 0 Å². The molecule has 17 heavy (non-hydrogen) atoms. The van der Waals surface area contributed by atoms with Crippen molar-refractivity contribution in [2.45, 2.75) is 26.2 Å². The Labute approximate surface area is 98.1 Å². The normalized spacial score (nSPS) is 16.6. The van der Waals surface area contributed by atoms with Crippen LogP contribution in [0.25, 0.3) is 11.2 Å². The van der Waals surface area contributed by atoms with Gasteiger partial charge < -0.3 is 9.88 Å². The Bertz CT molecular complexity index is 593. The lowest BCUT2D eigenvalue weighted by atomic mass is 10.1. The molecule has 6 nitrogen and oxygen atoms in total. The highest BCUT2D eigenvalue weighted by molar-refractivity contribution is 5.70. The Morgan fingerprint density at radius 2 is 1.88 bits per heavy atom. The van der Waals surface area contributed by atoms with Crippen molar-refractivity contribution in [3.8, 4) is 0 Å². The average Bonchev–Trinajstić information content (AvgIpc) is 2.71. The number of hydrogen-bond donors (Lipinski definition) is 2. The molecule has 0 bridgehead atoms. The molecule has 0 amide bonds. The second-order valence-electron chi connectivity index (χ2n) is 4.46. The van der Waals surface area contributed by atoms with E-state index >= 15 is 0 Å². The van der Waals surface area contributed by atoms with Crippen LogP contribution in [0.5, 0.6) is 0 Å². The smallest absolute Gasteiger partial charge is 0.278 e. The van der Waals surface area contributed by atoms with Crippen LogP contribution in [0.4, 0.5) is 5.95 Å². The molecule has 0 aliphatic carbocycles. The molecule has 0 radical (unpaired) electrons. The number of nitrogens with one attached hydrogen (secondary N) is 2. The topological polar surface area (TPSA) is 77.7 Å². The van der Waals surface area contributed by atoms with Crippen LogP contribution in [0.1, 0.15) is 25.1 Å². The number of anilines is 1. The van der Waals surface area contributed by atoms with E-state index in [-0.39, 0.29) is 5.56 Å². The molecule has 2 aromatic heterocycles. The molecule has 2 N–H and O–H groups in total. The predicted molar refractivity (Wildman–Crippen MR) is 65.3 cm³/mol. The van der Waals surface area contributed by atoms with Gasteiger partial charge in [-0.2, -0.15) is 4.98 Å². The van der Waals surface area contributed by atoms with Crippen LogP contribution < -0.4 is 10.5 Å². The maximum absolute atomic E-state index is 11.9. The van der Waals surface area contributed by atoms with Gasteiger partial charge in [-0.25, -0.2) is 4.98 Å². The summed E-state index contributed by atoms with van der Waals surface area (Å²) in [6, 6.07) is 0. The lowest BCUT2D eigenvalue weighted by molar-refractivity contribution is 0.568. The Morgan fingerprint density at radius 1 is 1.12 bits per heavy atom. The Balaban J connectivity index is 2.08. The first-order valence-corrected chi connectivity index (χ1v) is 5.95. The summed E-state index contributed by atoms with van der Waals surface area (Å²) in [5.74, 6) is 1.36. The first-order valence-electron chi connectivity index (χ1n) is 5.95. The number of piperidine rings is 1. The summed E-state index contributed by atoms with van der Waals surface area (Å²) in [7, 11) is 0. The molecule has 90 valence electrons. The predicted octanol–water partition coefficient (Wildman–Crippen LogP) is 0.945. The number of aryl methyl sites for hydroxylation is 1. The van der Waals surface area contributed by atoms with Gasteiger partial charge in [0.15, 0.2) is 11.2 Å². The number of fused-ring (bicyclic) bond motifs is 1. The van der Waals surface area contributed by atoms with E-state index in [9.17, 15) is 4.79 Å². The molecule has 0 aromatic carbocycles. The van der Waals surface area contributed by atoms with Gasteiger partial charge in [-0.05, 0) is 26.2 Å². The van der Waals surface area contributed by atoms with Crippen molar-refractivity contribution in [1.82, 2.24) is 19.9 Å². The number of nitrogens with zero attached hydrogens (tertiary/aromatic N) is 3. The summed E-state index contributed by atoms with van der Waals surface area (Å²) in [5.41, 5.74) is 0.825. The third kappa shape index (κ3) is 1.79. The molecule has 0 atom stereocenters. The van der Waals surface area contributed by atoms with Crippen molar-refractivity contribution in [1.29, 1.82) is 0 Å². The zero-order chi connectivity index (χ0) is 11.8. The highest BCUT2D eigenvalue weighted by Crippen LogP contribution is 2.15. The fraction of sp³-hybridized carbons (Fsp3) is 0.545. The fourth-order valence-electron chi connectivity index (χ4n) is 2.27. The molecular formula is C11H15N5O. The van der Waals surface area contributed by atoms with Crippen LogP contribution in [0, 0.1) is 6.92 Å². The molecule has 1 aliphatic heterocycles. The first kappa shape index (κ1) is 10.3. The standard InChI is InChI=1S/C11H15N5O/c1-7-12-8-9(13-7)14-11(15-10(8)17)16-5-3-2-4-6-16/h2-6H2,1H3,(H2,12,13,14,15,17). The largest absolute Gasteiger partial charge is 0.342 e. The number of aromatic nitrogens is 4. The highest BCUT2D eigenvalue weighted by atomic mass is 16.1. The van der Waals surface area contributed by atoms with Crippen molar-refractivity contribution in [3.63, 3.8) is 0 Å². The molecule has 0 unspecified atom stereocenters. The minimum atomic E-state index is -0.142. The van der Waals surface area contributed by atoms with E-state index in [4.69, 9.17) is 0 Å². The van der Waals surface area contributed by atoms with Gasteiger partial charge in [-0.3, -0.25) is 9.78 Å². The number of imidazole rings is 1. The lowest BCUT2D eigenvalue weighted by Gasteiger charge is -2.26. The van der Waals surface area contributed by atoms with Crippen molar-refractivity contribution < 1.29 is 0 Å². The van der Waals surface area contributed by atoms with E-state index in [1.54, 1.807) is 0 Å². The van der Waals surface area contributed by atoms with Crippen molar-refractivity contribution in [3.05, 3.63) is 16.2 Å². The molecule has 3 rings (SSSR count). The monoisotopic (exact) mass is 233 g/mol. The summed E-state index contributed by atoms with van der Waals surface area (Å²) in [6.45, 7) is 3.73. The van der Waals surface area contributed by atoms with E-state index in [0.29, 0.717) is 22.9 Å². The second-order valence-corrected chi connectivity index (χ2v) is 4.46. The third-order valence-corrected chi connectivity index (χ3v) is 3.12. The zero-order valence-electron chi connectivity index (χ0n) is 9.79. The summed E-state index contributed by atoms with van der Waals surface area (Å²) >= 11 is 0. The Morgan fingerprint density at radius 3 is 2.65 bits per heavy atom. The van der Waals surface area contributed by atoms with Gasteiger partial charge in [0, 0.05) is 13.1 Å². The third-order valence-electron chi connectivity index (χ3n) is 3.12. The maximum Gasteiger partial charge on any atom is 0.278 e. The van der Waals surface area contributed by atoms with Gasteiger partial charge in [0.05, 0.1) is 0 Å². The first-order chi connectivity index (χ1) is 8.24. The van der Waals surface area contributed by atoms with Crippen molar-refractivity contribution in [2.24, 2.45) is 0 Å². The van der Waals surface area contributed by atoms with E-state index in [1.807, 2.05) is 6.92 Å². The molecular weight excluding hydrogens is 218 g/mol. The Hall–Kier alpha value is -1.85. The van der Waals surface area contributed by atoms with Crippen LogP contribution in [0.15, 0.2) is 4.79 Å². The van der Waals surface area contributed by atoms with E-state index < -0.39 is 0 Å². The quantitative estimate of drug-likeness (QED) is 0.768. The van der Waals surface area contributed by atoms with E-state index in [2.05, 4.69) is 24.8 Å². The average molecular weight is 233 g/mol. The number of hydrogen-bond acceptors (Lipinski definition) is 4. The molecule has 2 aromatic rings. The molecule has 3 heterocycles. The van der Waals surface area contributed by atoms with Crippen molar-refractivity contribution in [2.75, 3.05) is 18.0 Å². The van der Waals surface area contributed by atoms with E-state index in [0.717, 1.165) is 25.9 Å². The summed E-state index contributed by atoms with van der Waals surface area (Å²) in [4.78, 5) is 28.3. The van der Waals surface area contributed by atoms with Crippen molar-refractivity contribution >= 4 is 17.1 Å². The number of aromatic amines is 2. The van der Waals surface area contributed by atoms with Gasteiger partial charge in [0.2, 0.25) is 5.95 Å². The van der Waals surface area contributed by atoms with Crippen LogP contribution in [-0.4, -0.2) is 33.0 Å². The minimum absolute atomic E-state index is 0.142. The molecule has 1 saturated heterocycles. The molecule has 1 fully saturated rings. The summed E-state index contributed by atoms with van der Waals surface area (Å²) < 4.78 is 0. The van der Waals surface area contributed by atoms with Gasteiger partial charge >= 0.3 is 0 Å². The summed E-state index contributed by atoms with van der Waals surface area (Å²) in [6.07, 6.45) is 3.56. The number of H-pyrrole nitrogens is 2. The molecule has 1 aliphatic rings. The SMILES string of the molecule is Cc1nc2nc(N3CCCCC3)[nH]c(=O)c2[nH]1. The summed E-state index contributed by atoms with van der Waals surface area (Å²) in [5, 5.41) is 0. The van der Waals surface area contributed by atoms with Crippen LogP contribution in [0.3, 0.4) is 0 Å². The van der Waals surface area contributed by atoms with Gasteiger partial charge in [0.25, 0.3) is 5.56 Å². The van der Waals surface area contributed by atoms with Gasteiger partial charge in [0.1, 0.15) is 5.82 Å². The molecule has 0 spiro atoms.